The number of benzene rings is 1. The number of hydrogen-bond donors (Lipinski definition) is 2. The monoisotopic (exact) mass is 636 g/mol. The first-order valence-corrected chi connectivity index (χ1v) is 11.8. The largest absolute Gasteiger partial charge is 0.492 e. The number of hydrogen-bond acceptors (Lipinski definition) is 5. The lowest BCUT2D eigenvalue weighted by Gasteiger charge is -2.38. The van der Waals surface area contributed by atoms with Crippen LogP contribution in [0.2, 0.25) is 0 Å². The molecule has 1 aromatic carbocycles. The number of carboxylic acids is 1. The number of aliphatic carboxylic acids is 1. The van der Waals surface area contributed by atoms with Crippen LogP contribution in [-0.4, -0.2) is 105 Å². The third-order valence-electron chi connectivity index (χ3n) is 5.48. The zero-order valence-electron chi connectivity index (χ0n) is 21.9. The highest BCUT2D eigenvalue weighted by Crippen LogP contribution is 2.57. The molecule has 0 aliphatic heterocycles. The minimum Gasteiger partial charge on any atom is -0.492 e. The number of methoxy groups -OCH3 is 1. The Kier molecular flexibility index (Phi) is 12.7. The van der Waals surface area contributed by atoms with Crippen molar-refractivity contribution in [1.82, 2.24) is 10.2 Å². The van der Waals surface area contributed by atoms with Crippen LogP contribution in [0.4, 0.5) is 53.1 Å². The number of halogens is 11. The predicted molar refractivity (Wildman–Crippen MR) is 121 cm³/mol. The lowest BCUT2D eigenvalue weighted by atomic mass is 9.97. The van der Waals surface area contributed by atoms with E-state index in [4.69, 9.17) is 14.6 Å². The van der Waals surface area contributed by atoms with Crippen LogP contribution in [0, 0.1) is 0 Å². The SMILES string of the molecule is CCOC(Cc1ccc(OCCN(CC(F)(F)C(F)(F)C(F)(F)C(F)(F)C(F)(F)F)C(=O)NCCOC)cc1)C(=O)O. The molecule has 19 heteroatoms. The molecule has 8 nitrogen and oxygen atoms in total. The molecule has 42 heavy (non-hydrogen) atoms. The first kappa shape index (κ1) is 36.9. The van der Waals surface area contributed by atoms with Gasteiger partial charge in [0, 0.05) is 26.7 Å². The molecule has 0 saturated heterocycles. The lowest BCUT2D eigenvalue weighted by molar-refractivity contribution is -0.422. The fourth-order valence-electron chi connectivity index (χ4n) is 3.20. The van der Waals surface area contributed by atoms with Gasteiger partial charge in [-0.2, -0.15) is 48.3 Å². The molecule has 0 saturated carbocycles. The van der Waals surface area contributed by atoms with E-state index in [1.807, 2.05) is 5.32 Å². The number of ether oxygens (including phenoxy) is 3. The normalized spacial score (nSPS) is 13.9. The maximum absolute atomic E-state index is 14.4. The topological polar surface area (TPSA) is 97.3 Å². The smallest absolute Gasteiger partial charge is 0.460 e. The fourth-order valence-corrected chi connectivity index (χ4v) is 3.20. The van der Waals surface area contributed by atoms with E-state index in [0.717, 1.165) is 7.11 Å². The highest BCUT2D eigenvalue weighted by atomic mass is 19.4. The maximum atomic E-state index is 14.4. The van der Waals surface area contributed by atoms with Crippen molar-refractivity contribution in [3.05, 3.63) is 29.8 Å². The van der Waals surface area contributed by atoms with Crippen molar-refractivity contribution in [2.24, 2.45) is 0 Å². The van der Waals surface area contributed by atoms with Crippen molar-refractivity contribution < 1.29 is 77.2 Å². The van der Waals surface area contributed by atoms with Gasteiger partial charge in [-0.3, -0.25) is 0 Å². The molecule has 0 aliphatic rings. The summed E-state index contributed by atoms with van der Waals surface area (Å²) >= 11 is 0. The lowest BCUT2D eigenvalue weighted by Crippen LogP contribution is -2.68. The number of amides is 2. The van der Waals surface area contributed by atoms with Crippen LogP contribution in [-0.2, 0) is 20.7 Å². The van der Waals surface area contributed by atoms with Gasteiger partial charge in [-0.15, -0.1) is 0 Å². The molecule has 1 aromatic rings. The molecule has 2 amide bonds. The van der Waals surface area contributed by atoms with Gasteiger partial charge in [0.2, 0.25) is 0 Å². The van der Waals surface area contributed by atoms with E-state index in [9.17, 15) is 57.9 Å². The first-order valence-electron chi connectivity index (χ1n) is 11.8. The average molecular weight is 636 g/mol. The Balaban J connectivity index is 3.09. The van der Waals surface area contributed by atoms with Gasteiger partial charge in [0.25, 0.3) is 0 Å². The molecule has 1 rings (SSSR count). The Bertz CT molecular complexity index is 1020. The van der Waals surface area contributed by atoms with Gasteiger partial charge in [-0.1, -0.05) is 12.1 Å². The van der Waals surface area contributed by atoms with E-state index in [0.29, 0.717) is 5.56 Å². The van der Waals surface area contributed by atoms with Gasteiger partial charge >= 0.3 is 41.9 Å². The van der Waals surface area contributed by atoms with Crippen molar-refractivity contribution in [3.63, 3.8) is 0 Å². The van der Waals surface area contributed by atoms with Crippen LogP contribution in [0.3, 0.4) is 0 Å². The van der Waals surface area contributed by atoms with Crippen LogP contribution >= 0.6 is 0 Å². The summed E-state index contributed by atoms with van der Waals surface area (Å²) in [6.45, 7) is -3.51. The number of nitrogens with zero attached hydrogens (tertiary/aromatic N) is 1. The molecule has 2 N–H and O–H groups in total. The van der Waals surface area contributed by atoms with Crippen LogP contribution in [0.15, 0.2) is 24.3 Å². The molecule has 242 valence electrons. The molecule has 0 bridgehead atoms. The Labute approximate surface area is 231 Å². The van der Waals surface area contributed by atoms with Crippen molar-refractivity contribution >= 4 is 12.0 Å². The van der Waals surface area contributed by atoms with Crippen LogP contribution in [0.1, 0.15) is 12.5 Å². The Morgan fingerprint density at radius 1 is 0.905 bits per heavy atom. The van der Waals surface area contributed by atoms with E-state index >= 15 is 0 Å². The summed E-state index contributed by atoms with van der Waals surface area (Å²) in [5.74, 6) is -30.0. The molecular weight excluding hydrogens is 609 g/mol. The summed E-state index contributed by atoms with van der Waals surface area (Å²) in [5, 5.41) is 11.0. The van der Waals surface area contributed by atoms with Crippen LogP contribution in [0.5, 0.6) is 5.75 Å². The Hall–Kier alpha value is -3.09. The Morgan fingerprint density at radius 3 is 1.95 bits per heavy atom. The van der Waals surface area contributed by atoms with Crippen molar-refractivity contribution in [3.8, 4) is 5.75 Å². The van der Waals surface area contributed by atoms with Crippen LogP contribution < -0.4 is 10.1 Å². The van der Waals surface area contributed by atoms with E-state index in [1.165, 1.54) is 24.3 Å². The average Bonchev–Trinajstić information content (AvgIpc) is 2.87. The Morgan fingerprint density at radius 2 is 1.48 bits per heavy atom. The molecule has 0 radical (unpaired) electrons. The number of urea groups is 1. The standard InChI is InChI=1S/C23H27F11N2O6/c1-3-41-16(17(37)38)12-14-4-6-15(7-5-14)42-11-9-36(18(39)35-8-10-40-2)13-19(24,25)20(26,27)21(28,29)22(30,31)23(32,33)34/h4-7,16H,3,8-13H2,1-2H3,(H,35,39)(H,37,38). The molecule has 0 aliphatic carbocycles. The zero-order chi connectivity index (χ0) is 32.6. The van der Waals surface area contributed by atoms with Crippen LogP contribution in [0.25, 0.3) is 0 Å². The molecular formula is C23H27F11N2O6. The minimum atomic E-state index is -7.61. The van der Waals surface area contributed by atoms with E-state index in [2.05, 4.69) is 4.74 Å². The number of carbonyl (C=O) groups excluding carboxylic acids is 1. The van der Waals surface area contributed by atoms with E-state index < -0.39 is 74.2 Å². The number of nitrogens with one attached hydrogen (secondary N) is 1. The third-order valence-corrected chi connectivity index (χ3v) is 5.48. The van der Waals surface area contributed by atoms with Crippen molar-refractivity contribution in [2.45, 2.75) is 49.3 Å². The molecule has 0 fully saturated rings. The number of rotatable bonds is 17. The second-order valence-corrected chi connectivity index (χ2v) is 8.55. The molecule has 1 unspecified atom stereocenters. The molecule has 1 atom stereocenters. The fraction of sp³-hybridized carbons (Fsp3) is 0.652. The number of alkyl halides is 11. The summed E-state index contributed by atoms with van der Waals surface area (Å²) < 4.78 is 162. The summed E-state index contributed by atoms with van der Waals surface area (Å²) in [7, 11) is 1.15. The highest BCUT2D eigenvalue weighted by Gasteiger charge is 2.87. The summed E-state index contributed by atoms with van der Waals surface area (Å²) in [6, 6.07) is 3.70. The van der Waals surface area contributed by atoms with Gasteiger partial charge < -0.3 is 29.5 Å². The van der Waals surface area contributed by atoms with Gasteiger partial charge in [0.1, 0.15) is 12.4 Å². The maximum Gasteiger partial charge on any atom is 0.460 e. The summed E-state index contributed by atoms with van der Waals surface area (Å²) in [4.78, 5) is 23.2. The minimum absolute atomic E-state index is 0.0183. The number of carbonyl (C=O) groups is 2. The molecule has 0 heterocycles. The number of carboxylic acid groups (broad SMARTS) is 1. The summed E-state index contributed by atoms with van der Waals surface area (Å²) in [5.41, 5.74) is 0.459. The quantitative estimate of drug-likeness (QED) is 0.187. The second kappa shape index (κ2) is 14.4. The highest BCUT2D eigenvalue weighted by molar-refractivity contribution is 5.74. The predicted octanol–water partition coefficient (Wildman–Crippen LogP) is 4.86. The van der Waals surface area contributed by atoms with Gasteiger partial charge in [-0.25, -0.2) is 9.59 Å². The summed E-state index contributed by atoms with van der Waals surface area (Å²) in [6.07, 6.45) is -8.54. The van der Waals surface area contributed by atoms with Gasteiger partial charge in [0.15, 0.2) is 6.10 Å². The molecule has 0 spiro atoms. The third kappa shape index (κ3) is 8.71. The van der Waals surface area contributed by atoms with E-state index in [-0.39, 0.29) is 30.3 Å². The van der Waals surface area contributed by atoms with Gasteiger partial charge in [-0.05, 0) is 24.6 Å². The second-order valence-electron chi connectivity index (χ2n) is 8.55. The molecule has 0 aromatic heterocycles. The zero-order valence-corrected chi connectivity index (χ0v) is 21.9. The first-order chi connectivity index (χ1) is 19.2. The van der Waals surface area contributed by atoms with E-state index in [1.54, 1.807) is 6.92 Å². The van der Waals surface area contributed by atoms with Gasteiger partial charge in [0.05, 0.1) is 19.7 Å². The van der Waals surface area contributed by atoms with Crippen molar-refractivity contribution in [2.75, 3.05) is 46.6 Å². The van der Waals surface area contributed by atoms with Crippen molar-refractivity contribution in [1.29, 1.82) is 0 Å².